The minimum absolute atomic E-state index is 0.0339. The molecule has 2 amide bonds. The lowest BCUT2D eigenvalue weighted by molar-refractivity contribution is -0.133. The highest BCUT2D eigenvalue weighted by atomic mass is 16.5. The van der Waals surface area contributed by atoms with Crippen molar-refractivity contribution in [2.75, 3.05) is 25.5 Å². The van der Waals surface area contributed by atoms with Crippen molar-refractivity contribution in [3.63, 3.8) is 0 Å². The van der Waals surface area contributed by atoms with E-state index in [4.69, 9.17) is 9.26 Å². The molecular formula is C24H28N4O4. The van der Waals surface area contributed by atoms with E-state index in [0.717, 1.165) is 28.1 Å². The first-order chi connectivity index (χ1) is 15.4. The quantitative estimate of drug-likeness (QED) is 0.548. The van der Waals surface area contributed by atoms with Crippen molar-refractivity contribution < 1.29 is 18.8 Å². The number of carbonyl (C=O) groups is 2. The molecule has 3 rings (SSSR count). The Bertz CT molecular complexity index is 1060. The molecule has 0 spiro atoms. The predicted molar refractivity (Wildman–Crippen MR) is 121 cm³/mol. The van der Waals surface area contributed by atoms with Crippen LogP contribution in [0.5, 0.6) is 5.75 Å². The van der Waals surface area contributed by atoms with E-state index < -0.39 is 0 Å². The molecule has 0 saturated heterocycles. The number of aryl methyl sites for hydroxylation is 3. The normalized spacial score (nSPS) is 10.6. The standard InChI is InChI=1S/C24H28N4O4/c1-5-31-19-11-9-18(10-12-19)24-26-21(32-27-24)13-14-22(30)28(4)15-20(29)25-23-16(2)7-6-8-17(23)3/h6-12H,5,13-15H2,1-4H3,(H,25,29). The van der Waals surface area contributed by atoms with Crippen LogP contribution in [0.1, 0.15) is 30.4 Å². The molecule has 8 nitrogen and oxygen atoms in total. The molecule has 0 radical (unpaired) electrons. The molecule has 0 saturated carbocycles. The minimum atomic E-state index is -0.242. The van der Waals surface area contributed by atoms with E-state index in [9.17, 15) is 9.59 Å². The summed E-state index contributed by atoms with van der Waals surface area (Å²) < 4.78 is 10.7. The van der Waals surface area contributed by atoms with Gasteiger partial charge >= 0.3 is 0 Å². The number of nitrogens with zero attached hydrogens (tertiary/aromatic N) is 3. The second-order valence-electron chi connectivity index (χ2n) is 7.53. The maximum atomic E-state index is 12.5. The van der Waals surface area contributed by atoms with Crippen molar-refractivity contribution in [3.05, 3.63) is 59.5 Å². The van der Waals surface area contributed by atoms with Crippen LogP contribution in [0.25, 0.3) is 11.4 Å². The van der Waals surface area contributed by atoms with Crippen molar-refractivity contribution in [2.24, 2.45) is 0 Å². The first-order valence-electron chi connectivity index (χ1n) is 10.5. The van der Waals surface area contributed by atoms with Gasteiger partial charge in [0.1, 0.15) is 5.75 Å². The van der Waals surface area contributed by atoms with E-state index in [-0.39, 0.29) is 24.8 Å². The van der Waals surface area contributed by atoms with Crippen molar-refractivity contribution in [1.29, 1.82) is 0 Å². The maximum Gasteiger partial charge on any atom is 0.243 e. The highest BCUT2D eigenvalue weighted by Crippen LogP contribution is 2.21. The molecule has 1 N–H and O–H groups in total. The predicted octanol–water partition coefficient (Wildman–Crippen LogP) is 3.78. The molecule has 8 heteroatoms. The third-order valence-electron chi connectivity index (χ3n) is 5.00. The number of benzene rings is 2. The zero-order valence-electron chi connectivity index (χ0n) is 18.8. The molecule has 3 aromatic rings. The number of nitrogens with one attached hydrogen (secondary N) is 1. The molecule has 0 fully saturated rings. The molecule has 0 atom stereocenters. The zero-order valence-corrected chi connectivity index (χ0v) is 18.8. The number of carbonyl (C=O) groups excluding carboxylic acids is 2. The third-order valence-corrected chi connectivity index (χ3v) is 5.00. The number of anilines is 1. The minimum Gasteiger partial charge on any atom is -0.494 e. The van der Waals surface area contributed by atoms with Gasteiger partial charge in [0.25, 0.3) is 0 Å². The molecule has 168 valence electrons. The number of hydrogen-bond donors (Lipinski definition) is 1. The molecule has 32 heavy (non-hydrogen) atoms. The van der Waals surface area contributed by atoms with Crippen LogP contribution in [0.2, 0.25) is 0 Å². The summed E-state index contributed by atoms with van der Waals surface area (Å²) in [6.07, 6.45) is 0.462. The number of rotatable bonds is 9. The summed E-state index contributed by atoms with van der Waals surface area (Å²) in [4.78, 5) is 30.6. The van der Waals surface area contributed by atoms with Crippen LogP contribution < -0.4 is 10.1 Å². The van der Waals surface area contributed by atoms with Gasteiger partial charge in [0.15, 0.2) is 0 Å². The van der Waals surface area contributed by atoms with Crippen LogP contribution >= 0.6 is 0 Å². The van der Waals surface area contributed by atoms with Gasteiger partial charge in [0, 0.05) is 31.1 Å². The first kappa shape index (κ1) is 23.0. The van der Waals surface area contributed by atoms with E-state index >= 15 is 0 Å². The SMILES string of the molecule is CCOc1ccc(-c2noc(CCC(=O)N(C)CC(=O)Nc3c(C)cccc3C)n2)cc1. The molecule has 0 aliphatic carbocycles. The highest BCUT2D eigenvalue weighted by Gasteiger charge is 2.16. The number of aromatic nitrogens is 2. The largest absolute Gasteiger partial charge is 0.494 e. The van der Waals surface area contributed by atoms with Crippen LogP contribution in [0.4, 0.5) is 5.69 Å². The second kappa shape index (κ2) is 10.6. The fraction of sp³-hybridized carbons (Fsp3) is 0.333. The van der Waals surface area contributed by atoms with E-state index in [1.54, 1.807) is 7.05 Å². The summed E-state index contributed by atoms with van der Waals surface area (Å²) in [5.41, 5.74) is 3.54. The Morgan fingerprint density at radius 3 is 2.44 bits per heavy atom. The van der Waals surface area contributed by atoms with E-state index in [1.807, 2.05) is 63.2 Å². The number of amides is 2. The van der Waals surface area contributed by atoms with Gasteiger partial charge in [-0.3, -0.25) is 9.59 Å². The third kappa shape index (κ3) is 5.94. The molecule has 1 aromatic heterocycles. The molecule has 2 aromatic carbocycles. The topological polar surface area (TPSA) is 97.6 Å². The van der Waals surface area contributed by atoms with Gasteiger partial charge in [-0.1, -0.05) is 23.4 Å². The monoisotopic (exact) mass is 436 g/mol. The summed E-state index contributed by atoms with van der Waals surface area (Å²) in [7, 11) is 1.60. The number of hydrogen-bond acceptors (Lipinski definition) is 6. The van der Waals surface area contributed by atoms with Crippen LogP contribution in [-0.2, 0) is 16.0 Å². The number of para-hydroxylation sites is 1. The van der Waals surface area contributed by atoms with Gasteiger partial charge in [-0.25, -0.2) is 0 Å². The Morgan fingerprint density at radius 1 is 1.09 bits per heavy atom. The lowest BCUT2D eigenvalue weighted by Crippen LogP contribution is -2.35. The van der Waals surface area contributed by atoms with Crippen molar-refractivity contribution in [1.82, 2.24) is 15.0 Å². The first-order valence-corrected chi connectivity index (χ1v) is 10.5. The molecule has 0 unspecified atom stereocenters. The van der Waals surface area contributed by atoms with Crippen LogP contribution in [-0.4, -0.2) is 47.1 Å². The lowest BCUT2D eigenvalue weighted by atomic mass is 10.1. The summed E-state index contributed by atoms with van der Waals surface area (Å²) in [5, 5.41) is 6.87. The van der Waals surface area contributed by atoms with Gasteiger partial charge in [0.2, 0.25) is 23.5 Å². The van der Waals surface area contributed by atoms with E-state index in [0.29, 0.717) is 24.7 Å². The van der Waals surface area contributed by atoms with Crippen molar-refractivity contribution in [3.8, 4) is 17.1 Å². The Kier molecular flexibility index (Phi) is 7.59. The number of likely N-dealkylation sites (N-methyl/N-ethyl adjacent to an activating group) is 1. The zero-order chi connectivity index (χ0) is 23.1. The van der Waals surface area contributed by atoms with Crippen molar-refractivity contribution >= 4 is 17.5 Å². The molecule has 0 aliphatic heterocycles. The fourth-order valence-corrected chi connectivity index (χ4v) is 3.24. The molecule has 1 heterocycles. The number of ether oxygens (including phenoxy) is 1. The van der Waals surface area contributed by atoms with E-state index in [2.05, 4.69) is 15.5 Å². The Morgan fingerprint density at radius 2 is 1.78 bits per heavy atom. The average Bonchev–Trinajstić information content (AvgIpc) is 3.24. The summed E-state index contributed by atoms with van der Waals surface area (Å²) in [6.45, 7) is 6.36. The lowest BCUT2D eigenvalue weighted by Gasteiger charge is -2.18. The van der Waals surface area contributed by atoms with Gasteiger partial charge in [0.05, 0.1) is 13.2 Å². The van der Waals surface area contributed by atoms with Gasteiger partial charge in [-0.05, 0) is 56.2 Å². The van der Waals surface area contributed by atoms with Crippen LogP contribution in [0.3, 0.4) is 0 Å². The Hall–Kier alpha value is -3.68. The van der Waals surface area contributed by atoms with Crippen LogP contribution in [0, 0.1) is 13.8 Å². The molecular weight excluding hydrogens is 408 g/mol. The summed E-state index contributed by atoms with van der Waals surface area (Å²) in [5.74, 6) is 1.18. The van der Waals surface area contributed by atoms with Gasteiger partial charge < -0.3 is 19.5 Å². The second-order valence-corrected chi connectivity index (χ2v) is 7.53. The molecule has 0 bridgehead atoms. The average molecular weight is 437 g/mol. The van der Waals surface area contributed by atoms with E-state index in [1.165, 1.54) is 4.90 Å². The Labute approximate surface area is 187 Å². The summed E-state index contributed by atoms with van der Waals surface area (Å²) in [6, 6.07) is 13.2. The Balaban J connectivity index is 1.50. The van der Waals surface area contributed by atoms with Crippen LogP contribution in [0.15, 0.2) is 47.0 Å². The van der Waals surface area contributed by atoms with Crippen molar-refractivity contribution in [2.45, 2.75) is 33.6 Å². The van der Waals surface area contributed by atoms with Gasteiger partial charge in [-0.2, -0.15) is 4.98 Å². The maximum absolute atomic E-state index is 12.5. The fourth-order valence-electron chi connectivity index (χ4n) is 3.24. The molecule has 0 aliphatic rings. The highest BCUT2D eigenvalue weighted by molar-refractivity contribution is 5.95. The van der Waals surface area contributed by atoms with Gasteiger partial charge in [-0.15, -0.1) is 0 Å². The summed E-state index contributed by atoms with van der Waals surface area (Å²) >= 11 is 0. The smallest absolute Gasteiger partial charge is 0.243 e.